The molecule has 2 heteroatoms. The Labute approximate surface area is 220 Å². The van der Waals surface area contributed by atoms with Crippen LogP contribution < -0.4 is 5.01 Å². The minimum absolute atomic E-state index is 1.11. The highest BCUT2D eigenvalue weighted by Crippen LogP contribution is 2.41. The molecular formula is C36H24N2. The van der Waals surface area contributed by atoms with E-state index in [0.29, 0.717) is 0 Å². The van der Waals surface area contributed by atoms with Crippen LogP contribution in [0.5, 0.6) is 0 Å². The number of fused-ring (bicyclic) bond motifs is 9. The lowest BCUT2D eigenvalue weighted by Gasteiger charge is -2.28. The molecule has 0 N–H and O–H groups in total. The number of anilines is 2. The van der Waals surface area contributed by atoms with Gasteiger partial charge in [0.1, 0.15) is 0 Å². The zero-order chi connectivity index (χ0) is 25.1. The maximum atomic E-state index is 2.42. The molecule has 178 valence electrons. The van der Waals surface area contributed by atoms with Gasteiger partial charge < -0.3 is 0 Å². The molecule has 0 fully saturated rings. The molecule has 0 radical (unpaired) electrons. The molecule has 38 heavy (non-hydrogen) atoms. The van der Waals surface area contributed by atoms with Gasteiger partial charge in [-0.15, -0.1) is 0 Å². The molecule has 0 atom stereocenters. The summed E-state index contributed by atoms with van der Waals surface area (Å²) in [4.78, 5) is 0. The number of benzene rings is 7. The summed E-state index contributed by atoms with van der Waals surface area (Å²) < 4.78 is 2.42. The van der Waals surface area contributed by atoms with Crippen LogP contribution >= 0.6 is 0 Å². The Hall–Kier alpha value is -5.08. The molecule has 8 aromatic rings. The number of hydrogen-bond acceptors (Lipinski definition) is 1. The molecule has 0 aliphatic carbocycles. The van der Waals surface area contributed by atoms with Crippen LogP contribution in [0.1, 0.15) is 0 Å². The topological polar surface area (TPSA) is 8.17 Å². The molecule has 0 saturated heterocycles. The van der Waals surface area contributed by atoms with Crippen molar-refractivity contribution in [1.29, 1.82) is 0 Å². The minimum Gasteiger partial charge on any atom is -0.249 e. The molecule has 1 heterocycles. The third kappa shape index (κ3) is 3.01. The van der Waals surface area contributed by atoms with Crippen molar-refractivity contribution >= 4 is 65.5 Å². The summed E-state index contributed by atoms with van der Waals surface area (Å²) in [6, 6.07) is 52.5. The van der Waals surface area contributed by atoms with Crippen molar-refractivity contribution in [3.8, 4) is 0 Å². The molecule has 7 aromatic carbocycles. The standard InChI is InChI=1S/C36H24N2/c1-3-12-27(13-4-1)37(28-14-5-2-6-15-28)38-34-18-10-9-17-31(34)33-24-21-26-20-22-30-29-16-8-7-11-25(29)19-23-32(30)35(26)36(33)38/h1-24H. The summed E-state index contributed by atoms with van der Waals surface area (Å²) in [6.45, 7) is 0. The van der Waals surface area contributed by atoms with Crippen molar-refractivity contribution in [2.24, 2.45) is 0 Å². The van der Waals surface area contributed by atoms with Gasteiger partial charge in [0.15, 0.2) is 0 Å². The van der Waals surface area contributed by atoms with Gasteiger partial charge in [-0.05, 0) is 57.3 Å². The quantitative estimate of drug-likeness (QED) is 0.227. The van der Waals surface area contributed by atoms with Crippen LogP contribution in [0.4, 0.5) is 11.4 Å². The number of hydrogen-bond donors (Lipinski definition) is 0. The molecule has 0 amide bonds. The zero-order valence-corrected chi connectivity index (χ0v) is 20.8. The van der Waals surface area contributed by atoms with E-state index in [1.165, 1.54) is 54.1 Å². The summed E-state index contributed by atoms with van der Waals surface area (Å²) in [6.07, 6.45) is 0. The molecule has 0 unspecified atom stereocenters. The molecule has 0 aliphatic heterocycles. The molecule has 0 aliphatic rings. The van der Waals surface area contributed by atoms with E-state index in [0.717, 1.165) is 11.4 Å². The zero-order valence-electron chi connectivity index (χ0n) is 20.8. The highest BCUT2D eigenvalue weighted by atomic mass is 15.6. The van der Waals surface area contributed by atoms with Gasteiger partial charge in [-0.3, -0.25) is 0 Å². The van der Waals surface area contributed by atoms with Gasteiger partial charge in [0.2, 0.25) is 0 Å². The molecular weight excluding hydrogens is 460 g/mol. The Morgan fingerprint density at radius 2 is 0.921 bits per heavy atom. The molecule has 8 rings (SSSR count). The first kappa shape index (κ1) is 21.0. The van der Waals surface area contributed by atoms with Crippen LogP contribution in [0, 0.1) is 0 Å². The molecule has 2 nitrogen and oxygen atoms in total. The molecule has 0 spiro atoms. The van der Waals surface area contributed by atoms with Crippen molar-refractivity contribution in [2.75, 3.05) is 5.01 Å². The van der Waals surface area contributed by atoms with Crippen LogP contribution in [0.2, 0.25) is 0 Å². The second-order valence-electron chi connectivity index (χ2n) is 9.82. The van der Waals surface area contributed by atoms with Gasteiger partial charge in [-0.1, -0.05) is 115 Å². The fraction of sp³-hybridized carbons (Fsp3) is 0. The predicted octanol–water partition coefficient (Wildman–Crippen LogP) is 9.86. The average molecular weight is 485 g/mol. The van der Waals surface area contributed by atoms with Gasteiger partial charge in [0, 0.05) is 16.2 Å². The van der Waals surface area contributed by atoms with Crippen molar-refractivity contribution in [3.63, 3.8) is 0 Å². The highest BCUT2D eigenvalue weighted by Gasteiger charge is 2.21. The van der Waals surface area contributed by atoms with Crippen molar-refractivity contribution < 1.29 is 0 Å². The summed E-state index contributed by atoms with van der Waals surface area (Å²) in [5.74, 6) is 0. The molecule has 0 bridgehead atoms. The third-order valence-electron chi connectivity index (χ3n) is 7.72. The Morgan fingerprint density at radius 1 is 0.368 bits per heavy atom. The smallest absolute Gasteiger partial charge is 0.0800 e. The third-order valence-corrected chi connectivity index (χ3v) is 7.72. The predicted molar refractivity (Wildman–Crippen MR) is 162 cm³/mol. The van der Waals surface area contributed by atoms with E-state index in [9.17, 15) is 0 Å². The maximum Gasteiger partial charge on any atom is 0.0800 e. The van der Waals surface area contributed by atoms with Gasteiger partial charge in [0.25, 0.3) is 0 Å². The van der Waals surface area contributed by atoms with Crippen molar-refractivity contribution in [3.05, 3.63) is 146 Å². The van der Waals surface area contributed by atoms with Gasteiger partial charge in [-0.25, -0.2) is 9.69 Å². The fourth-order valence-corrected chi connectivity index (χ4v) is 6.07. The van der Waals surface area contributed by atoms with E-state index in [1.54, 1.807) is 0 Å². The number of nitrogens with zero attached hydrogens (tertiary/aromatic N) is 2. The second kappa shape index (κ2) is 8.22. The Bertz CT molecular complexity index is 2080. The van der Waals surface area contributed by atoms with Crippen LogP contribution in [0.3, 0.4) is 0 Å². The summed E-state index contributed by atoms with van der Waals surface area (Å²) in [5.41, 5.74) is 4.63. The monoisotopic (exact) mass is 484 g/mol. The van der Waals surface area contributed by atoms with Crippen LogP contribution in [0.15, 0.2) is 146 Å². The first-order valence-electron chi connectivity index (χ1n) is 13.1. The van der Waals surface area contributed by atoms with Crippen molar-refractivity contribution in [1.82, 2.24) is 4.68 Å². The van der Waals surface area contributed by atoms with Crippen LogP contribution in [0.25, 0.3) is 54.1 Å². The second-order valence-corrected chi connectivity index (χ2v) is 9.82. The van der Waals surface area contributed by atoms with E-state index in [-0.39, 0.29) is 0 Å². The maximum absolute atomic E-state index is 2.42. The van der Waals surface area contributed by atoms with E-state index in [2.05, 4.69) is 155 Å². The van der Waals surface area contributed by atoms with Crippen LogP contribution in [-0.4, -0.2) is 4.68 Å². The first-order chi connectivity index (χ1) is 18.9. The average Bonchev–Trinajstić information content (AvgIpc) is 3.32. The summed E-state index contributed by atoms with van der Waals surface area (Å²) >= 11 is 0. The summed E-state index contributed by atoms with van der Waals surface area (Å²) in [7, 11) is 0. The van der Waals surface area contributed by atoms with E-state index >= 15 is 0 Å². The number of para-hydroxylation sites is 3. The lowest BCUT2D eigenvalue weighted by molar-refractivity contribution is 0.889. The largest absolute Gasteiger partial charge is 0.249 e. The minimum atomic E-state index is 1.11. The number of aromatic nitrogens is 1. The lowest BCUT2D eigenvalue weighted by atomic mass is 9.95. The lowest BCUT2D eigenvalue weighted by Crippen LogP contribution is -2.24. The Morgan fingerprint density at radius 3 is 1.66 bits per heavy atom. The van der Waals surface area contributed by atoms with E-state index in [4.69, 9.17) is 0 Å². The highest BCUT2D eigenvalue weighted by molar-refractivity contribution is 6.27. The van der Waals surface area contributed by atoms with Gasteiger partial charge in [-0.2, -0.15) is 0 Å². The Kier molecular flexibility index (Phi) is 4.55. The summed E-state index contributed by atoms with van der Waals surface area (Å²) in [5, 5.41) is 12.5. The van der Waals surface area contributed by atoms with Gasteiger partial charge in [0.05, 0.1) is 22.4 Å². The SMILES string of the molecule is c1ccc(N(c2ccccc2)n2c3ccccc3c3ccc4ccc5c6ccccc6ccc5c4c32)cc1. The Balaban J connectivity index is 1.61. The van der Waals surface area contributed by atoms with Gasteiger partial charge >= 0.3 is 0 Å². The number of rotatable bonds is 3. The van der Waals surface area contributed by atoms with E-state index in [1.807, 2.05) is 0 Å². The van der Waals surface area contributed by atoms with Crippen LogP contribution in [-0.2, 0) is 0 Å². The normalized spacial score (nSPS) is 11.7. The molecule has 1 aromatic heterocycles. The van der Waals surface area contributed by atoms with Crippen molar-refractivity contribution in [2.45, 2.75) is 0 Å². The first-order valence-corrected chi connectivity index (χ1v) is 13.1. The molecule has 0 saturated carbocycles. The fourth-order valence-electron chi connectivity index (χ4n) is 6.07. The van der Waals surface area contributed by atoms with E-state index < -0.39 is 0 Å².